The number of hydrogen-bond acceptors (Lipinski definition) is 6. The molecule has 0 atom stereocenters. The van der Waals surface area contributed by atoms with Gasteiger partial charge >= 0.3 is 5.69 Å². The van der Waals surface area contributed by atoms with Crippen molar-refractivity contribution >= 4 is 5.69 Å². The van der Waals surface area contributed by atoms with Crippen molar-refractivity contribution in [1.29, 1.82) is 0 Å². The van der Waals surface area contributed by atoms with Crippen LogP contribution >= 0.6 is 0 Å². The average molecular weight is 256 g/mol. The molecule has 0 saturated heterocycles. The molecule has 0 saturated carbocycles. The van der Waals surface area contributed by atoms with Crippen molar-refractivity contribution in [2.45, 2.75) is 6.54 Å². The lowest BCUT2D eigenvalue weighted by molar-refractivity contribution is -0.387. The van der Waals surface area contributed by atoms with Crippen LogP contribution in [0.4, 0.5) is 14.5 Å². The Kier molecular flexibility index (Phi) is 2.98. The lowest BCUT2D eigenvalue weighted by Gasteiger charge is -1.98. The van der Waals surface area contributed by atoms with E-state index in [2.05, 4.69) is 14.7 Å². The second-order valence-corrected chi connectivity index (χ2v) is 3.26. The van der Waals surface area contributed by atoms with Crippen molar-refractivity contribution in [3.05, 3.63) is 39.8 Å². The first-order valence-corrected chi connectivity index (χ1v) is 4.69. The molecule has 0 spiro atoms. The zero-order chi connectivity index (χ0) is 13.3. The van der Waals surface area contributed by atoms with Gasteiger partial charge in [-0.3, -0.25) is 10.1 Å². The minimum atomic E-state index is -1.54. The molecule has 18 heavy (non-hydrogen) atoms. The molecule has 1 aromatic heterocycles. The quantitative estimate of drug-likeness (QED) is 0.656. The van der Waals surface area contributed by atoms with Gasteiger partial charge in [0.2, 0.25) is 17.5 Å². The summed E-state index contributed by atoms with van der Waals surface area (Å²) in [6.45, 7) is -0.0290. The van der Waals surface area contributed by atoms with Gasteiger partial charge in [0.15, 0.2) is 5.82 Å². The molecule has 0 amide bonds. The fourth-order valence-electron chi connectivity index (χ4n) is 1.29. The number of halogens is 2. The Bertz CT molecular complexity index is 614. The van der Waals surface area contributed by atoms with E-state index in [4.69, 9.17) is 5.73 Å². The van der Waals surface area contributed by atoms with Crippen LogP contribution in [-0.4, -0.2) is 15.1 Å². The Labute approximate surface area is 98.4 Å². The number of nitrogens with two attached hydrogens (primary N) is 1. The predicted octanol–water partition coefficient (Wildman–Crippen LogP) is 1.38. The molecule has 0 radical (unpaired) electrons. The number of hydrogen-bond donors (Lipinski definition) is 1. The Morgan fingerprint density at radius 2 is 2.17 bits per heavy atom. The fourth-order valence-corrected chi connectivity index (χ4v) is 1.29. The van der Waals surface area contributed by atoms with E-state index < -0.39 is 22.2 Å². The van der Waals surface area contributed by atoms with Crippen LogP contribution in [0.5, 0.6) is 0 Å². The first kappa shape index (κ1) is 12.0. The number of nitrogens with zero attached hydrogens (tertiary/aromatic N) is 3. The normalized spacial score (nSPS) is 10.6. The third kappa shape index (κ3) is 2.02. The van der Waals surface area contributed by atoms with E-state index >= 15 is 0 Å². The van der Waals surface area contributed by atoms with Crippen LogP contribution in [0.3, 0.4) is 0 Å². The van der Waals surface area contributed by atoms with Crippen molar-refractivity contribution in [2.24, 2.45) is 5.73 Å². The standard InChI is InChI=1S/C9H6F2N4O3/c10-5-1-4(2-6(8(5)11)15(16)17)9-13-7(3-12)18-14-9/h1-2H,3,12H2. The average Bonchev–Trinajstić information content (AvgIpc) is 2.80. The molecule has 2 N–H and O–H groups in total. The van der Waals surface area contributed by atoms with E-state index in [0.717, 1.165) is 12.1 Å². The van der Waals surface area contributed by atoms with Crippen LogP contribution in [-0.2, 0) is 6.54 Å². The molecule has 0 aliphatic carbocycles. The molecule has 2 aromatic rings. The van der Waals surface area contributed by atoms with Gasteiger partial charge in [0, 0.05) is 11.6 Å². The van der Waals surface area contributed by atoms with Crippen LogP contribution in [0.15, 0.2) is 16.7 Å². The zero-order valence-electron chi connectivity index (χ0n) is 8.76. The molecule has 1 aromatic carbocycles. The predicted molar refractivity (Wildman–Crippen MR) is 54.2 cm³/mol. The topological polar surface area (TPSA) is 108 Å². The number of benzene rings is 1. The van der Waals surface area contributed by atoms with Crippen LogP contribution in [0, 0.1) is 21.7 Å². The molecule has 1 heterocycles. The van der Waals surface area contributed by atoms with E-state index in [1.165, 1.54) is 0 Å². The molecule has 0 bridgehead atoms. The highest BCUT2D eigenvalue weighted by Crippen LogP contribution is 2.27. The summed E-state index contributed by atoms with van der Waals surface area (Å²) in [7, 11) is 0. The van der Waals surface area contributed by atoms with Gasteiger partial charge in [0.1, 0.15) is 0 Å². The molecule has 9 heteroatoms. The van der Waals surface area contributed by atoms with Crippen molar-refractivity contribution in [2.75, 3.05) is 0 Å². The molecule has 0 aliphatic heterocycles. The van der Waals surface area contributed by atoms with E-state index in [1.54, 1.807) is 0 Å². The van der Waals surface area contributed by atoms with Crippen LogP contribution in [0.1, 0.15) is 5.89 Å². The third-order valence-electron chi connectivity index (χ3n) is 2.11. The summed E-state index contributed by atoms with van der Waals surface area (Å²) in [6.07, 6.45) is 0. The van der Waals surface area contributed by atoms with Gasteiger partial charge < -0.3 is 10.3 Å². The minimum Gasteiger partial charge on any atom is -0.338 e. The minimum absolute atomic E-state index is 0.0290. The summed E-state index contributed by atoms with van der Waals surface area (Å²) in [6, 6.07) is 1.57. The number of aromatic nitrogens is 2. The molecule has 7 nitrogen and oxygen atoms in total. The Balaban J connectivity index is 2.55. The van der Waals surface area contributed by atoms with Crippen LogP contribution in [0.25, 0.3) is 11.4 Å². The molecule has 0 fully saturated rings. The highest BCUT2D eigenvalue weighted by atomic mass is 19.2. The molecule has 0 unspecified atom stereocenters. The lowest BCUT2D eigenvalue weighted by Crippen LogP contribution is -1.98. The SMILES string of the molecule is NCc1nc(-c2cc(F)c(F)c([N+](=O)[O-])c2)no1. The summed E-state index contributed by atoms with van der Waals surface area (Å²) < 4.78 is 31.0. The van der Waals surface area contributed by atoms with Crippen molar-refractivity contribution in [3.8, 4) is 11.4 Å². The summed E-state index contributed by atoms with van der Waals surface area (Å²) in [5.74, 6) is -2.92. The van der Waals surface area contributed by atoms with E-state index in [-0.39, 0.29) is 23.8 Å². The maximum Gasteiger partial charge on any atom is 0.308 e. The van der Waals surface area contributed by atoms with Gasteiger partial charge in [-0.15, -0.1) is 0 Å². The Morgan fingerprint density at radius 3 is 2.72 bits per heavy atom. The van der Waals surface area contributed by atoms with Crippen molar-refractivity contribution in [3.63, 3.8) is 0 Å². The number of nitro groups is 1. The van der Waals surface area contributed by atoms with Gasteiger partial charge in [-0.1, -0.05) is 5.16 Å². The van der Waals surface area contributed by atoms with E-state index in [0.29, 0.717) is 0 Å². The zero-order valence-corrected chi connectivity index (χ0v) is 8.76. The highest BCUT2D eigenvalue weighted by Gasteiger charge is 2.22. The monoisotopic (exact) mass is 256 g/mol. The van der Waals surface area contributed by atoms with E-state index in [9.17, 15) is 18.9 Å². The second-order valence-electron chi connectivity index (χ2n) is 3.26. The van der Waals surface area contributed by atoms with Crippen LogP contribution in [0.2, 0.25) is 0 Å². The Morgan fingerprint density at radius 1 is 1.44 bits per heavy atom. The van der Waals surface area contributed by atoms with Gasteiger partial charge in [0.05, 0.1) is 11.5 Å². The summed E-state index contributed by atoms with van der Waals surface area (Å²) in [5, 5.41) is 14.0. The lowest BCUT2D eigenvalue weighted by atomic mass is 10.2. The van der Waals surface area contributed by atoms with Gasteiger partial charge in [-0.25, -0.2) is 4.39 Å². The van der Waals surface area contributed by atoms with Crippen molar-refractivity contribution in [1.82, 2.24) is 10.1 Å². The first-order valence-electron chi connectivity index (χ1n) is 4.69. The summed E-state index contributed by atoms with van der Waals surface area (Å²) in [4.78, 5) is 13.3. The van der Waals surface area contributed by atoms with Gasteiger partial charge in [-0.2, -0.15) is 9.37 Å². The highest BCUT2D eigenvalue weighted by molar-refractivity contribution is 5.59. The summed E-state index contributed by atoms with van der Waals surface area (Å²) >= 11 is 0. The third-order valence-corrected chi connectivity index (χ3v) is 2.11. The fraction of sp³-hybridized carbons (Fsp3) is 0.111. The molecule has 0 aliphatic rings. The van der Waals surface area contributed by atoms with E-state index in [1.807, 2.05) is 0 Å². The van der Waals surface area contributed by atoms with Crippen molar-refractivity contribution < 1.29 is 18.2 Å². The largest absolute Gasteiger partial charge is 0.338 e. The molecule has 94 valence electrons. The number of rotatable bonds is 3. The molecular formula is C9H6F2N4O3. The van der Waals surface area contributed by atoms with Gasteiger partial charge in [0.25, 0.3) is 0 Å². The molecular weight excluding hydrogens is 250 g/mol. The summed E-state index contributed by atoms with van der Waals surface area (Å²) in [5.41, 5.74) is 4.17. The smallest absolute Gasteiger partial charge is 0.308 e. The number of nitro benzene ring substituents is 1. The second kappa shape index (κ2) is 4.45. The maximum atomic E-state index is 13.2. The van der Waals surface area contributed by atoms with Gasteiger partial charge in [-0.05, 0) is 6.07 Å². The Hall–Kier alpha value is -2.42. The molecule has 2 rings (SSSR count). The maximum absolute atomic E-state index is 13.2. The first-order chi connectivity index (χ1) is 8.52. The van der Waals surface area contributed by atoms with Crippen LogP contribution < -0.4 is 5.73 Å².